The summed E-state index contributed by atoms with van der Waals surface area (Å²) in [5, 5.41) is 3.60. The third-order valence-electron chi connectivity index (χ3n) is 7.74. The van der Waals surface area contributed by atoms with E-state index in [4.69, 9.17) is 9.47 Å². The van der Waals surface area contributed by atoms with E-state index in [9.17, 15) is 4.39 Å². The number of hydrogen-bond donors (Lipinski definition) is 1. The maximum atomic E-state index is 14.0. The molecule has 1 aromatic carbocycles. The van der Waals surface area contributed by atoms with Crippen LogP contribution in [0.15, 0.2) is 36.5 Å². The third-order valence-corrected chi connectivity index (χ3v) is 7.74. The Bertz CT molecular complexity index is 943. The Morgan fingerprint density at radius 3 is 2.97 bits per heavy atom. The number of pyridine rings is 1. The van der Waals surface area contributed by atoms with Crippen molar-refractivity contribution in [1.82, 2.24) is 9.88 Å². The lowest BCUT2D eigenvalue weighted by Gasteiger charge is -2.43. The molecule has 3 aliphatic rings. The third kappa shape index (κ3) is 5.61. The number of aryl methyl sites for hydroxylation is 1. The van der Waals surface area contributed by atoms with Gasteiger partial charge in [0.25, 0.3) is 0 Å². The van der Waals surface area contributed by atoms with E-state index in [2.05, 4.69) is 28.2 Å². The number of ether oxygens (including phenoxy) is 2. The molecule has 6 heteroatoms. The van der Waals surface area contributed by atoms with Gasteiger partial charge in [-0.15, -0.1) is 0 Å². The number of halogens is 1. The van der Waals surface area contributed by atoms with Gasteiger partial charge in [-0.1, -0.05) is 25.0 Å². The van der Waals surface area contributed by atoms with Gasteiger partial charge < -0.3 is 14.8 Å². The first kappa shape index (κ1) is 23.7. The fourth-order valence-electron chi connectivity index (χ4n) is 5.61. The van der Waals surface area contributed by atoms with E-state index < -0.39 is 0 Å². The van der Waals surface area contributed by atoms with Crippen LogP contribution in [0.5, 0.6) is 0 Å². The van der Waals surface area contributed by atoms with Gasteiger partial charge in [0.1, 0.15) is 11.6 Å². The van der Waals surface area contributed by atoms with Crippen molar-refractivity contribution < 1.29 is 13.9 Å². The molecule has 2 fully saturated rings. The molecule has 0 aliphatic carbocycles. The van der Waals surface area contributed by atoms with Gasteiger partial charge in [-0.2, -0.15) is 0 Å². The number of aromatic nitrogens is 1. The first-order valence-electron chi connectivity index (χ1n) is 13.1. The fraction of sp³-hybridized carbons (Fsp3) is 0.607. The normalized spacial score (nSPS) is 23.8. The maximum absolute atomic E-state index is 14.0. The molecule has 0 saturated carbocycles. The Balaban J connectivity index is 0.984. The first-order chi connectivity index (χ1) is 16.7. The number of fused-ring (bicyclic) bond motifs is 1. The van der Waals surface area contributed by atoms with Crippen molar-refractivity contribution in [2.45, 2.75) is 82.6 Å². The van der Waals surface area contributed by atoms with Gasteiger partial charge in [0.2, 0.25) is 0 Å². The van der Waals surface area contributed by atoms with Crippen LogP contribution in [0.25, 0.3) is 0 Å². The van der Waals surface area contributed by atoms with Gasteiger partial charge in [-0.3, -0.25) is 4.90 Å². The molecule has 5 rings (SSSR count). The number of unbranched alkanes of at least 4 members (excludes halogenated alkanes) is 2. The zero-order valence-electron chi connectivity index (χ0n) is 20.3. The van der Waals surface area contributed by atoms with Crippen LogP contribution in [0.4, 0.5) is 10.2 Å². The Morgan fingerprint density at radius 1 is 1.21 bits per heavy atom. The van der Waals surface area contributed by atoms with Crippen LogP contribution >= 0.6 is 0 Å². The van der Waals surface area contributed by atoms with Gasteiger partial charge in [-0.05, 0) is 80.3 Å². The molecule has 1 aromatic heterocycles. The van der Waals surface area contributed by atoms with Crippen LogP contribution in [0.2, 0.25) is 0 Å². The molecule has 5 nitrogen and oxygen atoms in total. The Hall–Kier alpha value is -2.02. The van der Waals surface area contributed by atoms with Crippen molar-refractivity contribution in [1.29, 1.82) is 0 Å². The molecule has 3 aliphatic heterocycles. The van der Waals surface area contributed by atoms with Gasteiger partial charge in [0.15, 0.2) is 0 Å². The van der Waals surface area contributed by atoms with E-state index in [1.807, 2.05) is 18.3 Å². The second-order valence-corrected chi connectivity index (χ2v) is 10.1. The second kappa shape index (κ2) is 11.1. The quantitative estimate of drug-likeness (QED) is 0.446. The van der Waals surface area contributed by atoms with Crippen molar-refractivity contribution in [2.24, 2.45) is 0 Å². The molecular weight excluding hydrogens is 429 g/mol. The largest absolute Gasteiger partial charge is 0.376 e. The lowest BCUT2D eigenvalue weighted by atomic mass is 9.93. The number of nitrogens with one attached hydrogen (secondary N) is 1. The highest BCUT2D eigenvalue weighted by molar-refractivity contribution is 5.46. The molecular formula is C28H38FN3O2. The lowest BCUT2D eigenvalue weighted by molar-refractivity contribution is -0.0710. The Kier molecular flexibility index (Phi) is 7.77. The summed E-state index contributed by atoms with van der Waals surface area (Å²) < 4.78 is 26.0. The van der Waals surface area contributed by atoms with Crippen LogP contribution in [0.1, 0.15) is 80.7 Å². The smallest absolute Gasteiger partial charge is 0.129 e. The maximum Gasteiger partial charge on any atom is 0.129 e. The number of hydrogen-bond acceptors (Lipinski definition) is 5. The fourth-order valence-corrected chi connectivity index (χ4v) is 5.61. The number of anilines is 1. The van der Waals surface area contributed by atoms with Crippen molar-refractivity contribution in [3.05, 3.63) is 59.0 Å². The zero-order chi connectivity index (χ0) is 23.3. The second-order valence-electron chi connectivity index (χ2n) is 10.1. The summed E-state index contributed by atoms with van der Waals surface area (Å²) in [7, 11) is 0. The summed E-state index contributed by atoms with van der Waals surface area (Å²) in [6, 6.07) is 10.1. The van der Waals surface area contributed by atoms with Gasteiger partial charge in [-0.25, -0.2) is 9.37 Å². The predicted octanol–water partition coefficient (Wildman–Crippen LogP) is 5.82. The molecule has 184 valence electrons. The van der Waals surface area contributed by atoms with Gasteiger partial charge in [0, 0.05) is 44.6 Å². The summed E-state index contributed by atoms with van der Waals surface area (Å²) >= 11 is 0. The minimum Gasteiger partial charge on any atom is -0.376 e. The average molecular weight is 468 g/mol. The lowest BCUT2D eigenvalue weighted by Crippen LogP contribution is -2.53. The monoisotopic (exact) mass is 467 g/mol. The highest BCUT2D eigenvalue weighted by Crippen LogP contribution is 2.37. The molecule has 0 radical (unpaired) electrons. The first-order valence-corrected chi connectivity index (χ1v) is 13.1. The molecule has 3 atom stereocenters. The predicted molar refractivity (Wildman–Crippen MR) is 132 cm³/mol. The topological polar surface area (TPSA) is 46.6 Å². The van der Waals surface area contributed by atoms with Crippen LogP contribution in [-0.2, 0) is 15.9 Å². The molecule has 0 spiro atoms. The summed E-state index contributed by atoms with van der Waals surface area (Å²) in [6.07, 6.45) is 11.5. The summed E-state index contributed by atoms with van der Waals surface area (Å²) in [5.74, 6) is 0.910. The van der Waals surface area contributed by atoms with E-state index >= 15 is 0 Å². The Morgan fingerprint density at radius 2 is 2.12 bits per heavy atom. The SMILES string of the molecule is CC(c1cc(F)ccc1C1CCCO1)N1CC(OCCCCCC2CCc3cccnc3N2)C1. The van der Waals surface area contributed by atoms with Crippen LogP contribution < -0.4 is 5.32 Å². The van der Waals surface area contributed by atoms with Crippen LogP contribution in [-0.4, -0.2) is 48.3 Å². The van der Waals surface area contributed by atoms with E-state index in [1.54, 1.807) is 12.1 Å². The number of likely N-dealkylation sites (tertiary alicyclic amines) is 1. The molecule has 2 aromatic rings. The van der Waals surface area contributed by atoms with E-state index in [1.165, 1.54) is 31.2 Å². The molecule has 0 amide bonds. The number of nitrogens with zero attached hydrogens (tertiary/aromatic N) is 2. The van der Waals surface area contributed by atoms with Crippen molar-refractivity contribution in [3.8, 4) is 0 Å². The van der Waals surface area contributed by atoms with Crippen molar-refractivity contribution in [3.63, 3.8) is 0 Å². The summed E-state index contributed by atoms with van der Waals surface area (Å²) in [4.78, 5) is 6.86. The van der Waals surface area contributed by atoms with Crippen LogP contribution in [0.3, 0.4) is 0 Å². The van der Waals surface area contributed by atoms with Crippen molar-refractivity contribution in [2.75, 3.05) is 31.6 Å². The Labute approximate surface area is 203 Å². The van der Waals surface area contributed by atoms with Crippen molar-refractivity contribution >= 4 is 5.82 Å². The highest BCUT2D eigenvalue weighted by Gasteiger charge is 2.34. The number of rotatable bonds is 10. The van der Waals surface area contributed by atoms with Crippen LogP contribution in [0, 0.1) is 5.82 Å². The molecule has 4 heterocycles. The van der Waals surface area contributed by atoms with E-state index in [0.29, 0.717) is 12.1 Å². The number of benzene rings is 1. The summed E-state index contributed by atoms with van der Waals surface area (Å²) in [5.41, 5.74) is 3.57. The highest BCUT2D eigenvalue weighted by atomic mass is 19.1. The standard InChI is InChI=1S/C28H38FN3O2/c1-20(26-17-22(29)11-13-25(26)27-9-6-16-34-27)32-18-24(19-32)33-15-4-2-3-8-23-12-10-21-7-5-14-30-28(21)31-23/h5,7,11,13-14,17,20,23-24,27H,2-4,6,8-10,12,15-16,18-19H2,1H3,(H,30,31). The van der Waals surface area contributed by atoms with Gasteiger partial charge >= 0.3 is 0 Å². The molecule has 1 N–H and O–H groups in total. The average Bonchev–Trinajstić information content (AvgIpc) is 3.36. The zero-order valence-corrected chi connectivity index (χ0v) is 20.3. The minimum atomic E-state index is -0.166. The molecule has 34 heavy (non-hydrogen) atoms. The molecule has 2 saturated heterocycles. The molecule has 0 bridgehead atoms. The van der Waals surface area contributed by atoms with E-state index in [0.717, 1.165) is 68.9 Å². The van der Waals surface area contributed by atoms with E-state index in [-0.39, 0.29) is 18.0 Å². The van der Waals surface area contributed by atoms with Gasteiger partial charge in [0.05, 0.1) is 12.2 Å². The summed E-state index contributed by atoms with van der Waals surface area (Å²) in [6.45, 7) is 5.65. The molecule has 3 unspecified atom stereocenters. The minimum absolute atomic E-state index is 0.112.